The minimum atomic E-state index is -0.829. The van der Waals surface area contributed by atoms with Crippen LogP contribution in [-0.4, -0.2) is 24.7 Å². The zero-order valence-corrected chi connectivity index (χ0v) is 23.2. The Balaban J connectivity index is 0.000000252. The van der Waals surface area contributed by atoms with Gasteiger partial charge in [0.05, 0.1) is 12.2 Å². The molecule has 0 bridgehead atoms. The van der Waals surface area contributed by atoms with Crippen LogP contribution >= 0.6 is 11.3 Å². The Morgan fingerprint density at radius 1 is 1.22 bits per heavy atom. The van der Waals surface area contributed by atoms with E-state index < -0.39 is 5.97 Å². The highest BCUT2D eigenvalue weighted by Crippen LogP contribution is 2.39. The molecule has 1 aromatic heterocycles. The van der Waals surface area contributed by atoms with Gasteiger partial charge in [-0.3, -0.25) is 0 Å². The van der Waals surface area contributed by atoms with Gasteiger partial charge in [0.15, 0.2) is 0 Å². The average molecular weight is 508 g/mol. The molecule has 1 aliphatic rings. The first kappa shape index (κ1) is 29.2. The van der Waals surface area contributed by atoms with E-state index in [9.17, 15) is 9.90 Å². The van der Waals surface area contributed by atoms with Crippen LogP contribution in [0.3, 0.4) is 0 Å². The van der Waals surface area contributed by atoms with E-state index in [4.69, 9.17) is 4.74 Å². The Morgan fingerprint density at radius 2 is 1.94 bits per heavy atom. The molecule has 1 aliphatic carbocycles. The number of thiophene rings is 1. The Hall–Kier alpha value is -3.05. The van der Waals surface area contributed by atoms with Gasteiger partial charge in [0, 0.05) is 7.05 Å². The minimum absolute atomic E-state index is 0.314. The van der Waals surface area contributed by atoms with Crippen molar-refractivity contribution in [2.45, 2.75) is 65.7 Å². The molecular weight excluding hydrogens is 466 g/mol. The molecule has 5 heteroatoms. The van der Waals surface area contributed by atoms with Crippen LogP contribution in [0, 0.1) is 6.92 Å². The molecule has 0 amide bonds. The molecule has 0 radical (unpaired) electrons. The number of carbonyl (C=O) groups is 1. The number of fused-ring (bicyclic) bond motifs is 1. The topological polar surface area (TPSA) is 58.6 Å². The molecule has 1 unspecified atom stereocenters. The number of benzene rings is 2. The van der Waals surface area contributed by atoms with E-state index in [0.717, 1.165) is 54.2 Å². The lowest BCUT2D eigenvalue weighted by molar-refractivity contribution is 0.0696. The molecular formula is C31H41NO3S. The van der Waals surface area contributed by atoms with Crippen molar-refractivity contribution in [3.05, 3.63) is 87.8 Å². The van der Waals surface area contributed by atoms with Crippen LogP contribution in [0.1, 0.15) is 84.1 Å². The lowest BCUT2D eigenvalue weighted by atomic mass is 9.80. The Morgan fingerprint density at radius 3 is 2.58 bits per heavy atom. The van der Waals surface area contributed by atoms with Crippen LogP contribution in [0.4, 0.5) is 5.00 Å². The molecule has 36 heavy (non-hydrogen) atoms. The molecule has 0 spiro atoms. The fourth-order valence-electron chi connectivity index (χ4n) is 4.27. The molecule has 194 valence electrons. The van der Waals surface area contributed by atoms with Crippen LogP contribution in [0.25, 0.3) is 6.08 Å². The molecule has 0 aliphatic heterocycles. The Bertz CT molecular complexity index is 1120. The first-order valence-electron chi connectivity index (χ1n) is 12.9. The van der Waals surface area contributed by atoms with Gasteiger partial charge in [-0.25, -0.2) is 4.79 Å². The highest BCUT2D eigenvalue weighted by atomic mass is 32.1. The summed E-state index contributed by atoms with van der Waals surface area (Å²) in [4.78, 5) is 11.5. The number of rotatable bonds is 8. The SMILES string of the molecule is C=Cc1ccc(C)c(OCCCC)c1.CC.CNc1scc(C2CCc3ccccc3C2)c1C(=O)O. The van der Waals surface area contributed by atoms with E-state index in [2.05, 4.69) is 62.1 Å². The van der Waals surface area contributed by atoms with Crippen molar-refractivity contribution in [2.24, 2.45) is 0 Å². The lowest BCUT2D eigenvalue weighted by Crippen LogP contribution is -2.15. The summed E-state index contributed by atoms with van der Waals surface area (Å²) in [6, 6.07) is 14.6. The van der Waals surface area contributed by atoms with E-state index in [0.29, 0.717) is 11.5 Å². The number of aromatic carboxylic acids is 1. The van der Waals surface area contributed by atoms with E-state index in [1.165, 1.54) is 34.4 Å². The number of hydrogen-bond donors (Lipinski definition) is 2. The maximum absolute atomic E-state index is 11.5. The number of carboxylic acid groups (broad SMARTS) is 1. The lowest BCUT2D eigenvalue weighted by Gasteiger charge is -2.24. The predicted octanol–water partition coefficient (Wildman–Crippen LogP) is 8.60. The summed E-state index contributed by atoms with van der Waals surface area (Å²) in [6.07, 6.45) is 7.11. The third kappa shape index (κ3) is 7.72. The van der Waals surface area contributed by atoms with E-state index in [1.807, 2.05) is 31.4 Å². The normalized spacial score (nSPS) is 13.8. The van der Waals surface area contributed by atoms with Crippen molar-refractivity contribution in [2.75, 3.05) is 19.0 Å². The quantitative estimate of drug-likeness (QED) is 0.300. The number of nitrogens with one attached hydrogen (secondary N) is 1. The second-order valence-corrected chi connectivity index (χ2v) is 9.47. The zero-order chi connectivity index (χ0) is 26.5. The van der Waals surface area contributed by atoms with Crippen molar-refractivity contribution in [1.29, 1.82) is 0 Å². The molecule has 1 heterocycles. The molecule has 4 rings (SSSR count). The van der Waals surface area contributed by atoms with Crippen molar-refractivity contribution in [3.8, 4) is 5.75 Å². The number of hydrogen-bond acceptors (Lipinski definition) is 4. The zero-order valence-electron chi connectivity index (χ0n) is 22.4. The van der Waals surface area contributed by atoms with Crippen LogP contribution in [0.2, 0.25) is 0 Å². The van der Waals surface area contributed by atoms with Gasteiger partial charge >= 0.3 is 5.97 Å². The minimum Gasteiger partial charge on any atom is -0.493 e. The predicted molar refractivity (Wildman–Crippen MR) is 155 cm³/mol. The van der Waals surface area contributed by atoms with Gasteiger partial charge in [0.25, 0.3) is 0 Å². The summed E-state index contributed by atoms with van der Waals surface area (Å²) in [6.45, 7) is 12.8. The molecule has 4 nitrogen and oxygen atoms in total. The van der Waals surface area contributed by atoms with Gasteiger partial charge in [-0.05, 0) is 77.8 Å². The van der Waals surface area contributed by atoms with Gasteiger partial charge in [-0.2, -0.15) is 0 Å². The molecule has 0 saturated carbocycles. The molecule has 1 atom stereocenters. The average Bonchev–Trinajstić information content (AvgIpc) is 3.36. The summed E-state index contributed by atoms with van der Waals surface area (Å²) in [5.74, 6) is 0.467. The Kier molecular flexibility index (Phi) is 12.3. The number of ether oxygens (including phenoxy) is 1. The molecule has 3 aromatic rings. The van der Waals surface area contributed by atoms with Crippen LogP contribution in [0.5, 0.6) is 5.75 Å². The third-order valence-corrected chi connectivity index (χ3v) is 7.27. The first-order valence-corrected chi connectivity index (χ1v) is 13.8. The van der Waals surface area contributed by atoms with Gasteiger partial charge in [0.2, 0.25) is 0 Å². The number of anilines is 1. The van der Waals surface area contributed by atoms with Crippen LogP contribution in [0.15, 0.2) is 54.4 Å². The van der Waals surface area contributed by atoms with Crippen LogP contribution in [-0.2, 0) is 12.8 Å². The highest BCUT2D eigenvalue weighted by molar-refractivity contribution is 7.14. The first-order chi connectivity index (χ1) is 17.5. The second-order valence-electron chi connectivity index (χ2n) is 8.59. The highest BCUT2D eigenvalue weighted by Gasteiger charge is 2.27. The monoisotopic (exact) mass is 507 g/mol. The smallest absolute Gasteiger partial charge is 0.338 e. The summed E-state index contributed by atoms with van der Waals surface area (Å²) in [5, 5.41) is 15.2. The van der Waals surface area contributed by atoms with Gasteiger partial charge < -0.3 is 15.2 Å². The van der Waals surface area contributed by atoms with Crippen molar-refractivity contribution in [1.82, 2.24) is 0 Å². The van der Waals surface area contributed by atoms with E-state index in [-0.39, 0.29) is 0 Å². The van der Waals surface area contributed by atoms with Gasteiger partial charge in [-0.1, -0.05) is 76.2 Å². The summed E-state index contributed by atoms with van der Waals surface area (Å²) < 4.78 is 5.67. The standard InChI is InChI=1S/C16H17NO2S.C13H18O.C2H6/c1-17-15-14(16(18)19)13(9-20-15)12-7-6-10-4-2-3-5-11(10)8-12;1-4-6-9-14-13-10-12(5-2)8-7-11(13)3;1-2/h2-5,9,12,17H,6-8H2,1H3,(H,18,19);5,7-8,10H,2,4,6,9H2,1,3H3;1-2H3. The summed E-state index contributed by atoms with van der Waals surface area (Å²) in [5.41, 5.74) is 6.51. The van der Waals surface area contributed by atoms with Crippen molar-refractivity contribution in [3.63, 3.8) is 0 Å². The maximum atomic E-state index is 11.5. The second kappa shape index (κ2) is 15.1. The maximum Gasteiger partial charge on any atom is 0.338 e. The summed E-state index contributed by atoms with van der Waals surface area (Å²) in [7, 11) is 1.78. The van der Waals surface area contributed by atoms with Gasteiger partial charge in [-0.15, -0.1) is 11.3 Å². The Labute approximate surface area is 221 Å². The fraction of sp³-hybridized carbons (Fsp3) is 0.387. The molecule has 2 N–H and O–H groups in total. The fourth-order valence-corrected chi connectivity index (χ4v) is 5.26. The number of unbranched alkanes of at least 4 members (excludes halogenated alkanes) is 1. The van der Waals surface area contributed by atoms with E-state index >= 15 is 0 Å². The van der Waals surface area contributed by atoms with Gasteiger partial charge in [0.1, 0.15) is 10.8 Å². The molecule has 0 fully saturated rings. The van der Waals surface area contributed by atoms with Crippen molar-refractivity contribution >= 4 is 28.4 Å². The van der Waals surface area contributed by atoms with E-state index in [1.54, 1.807) is 7.05 Å². The number of carboxylic acids is 1. The third-order valence-electron chi connectivity index (χ3n) is 6.25. The number of aryl methyl sites for hydroxylation is 2. The molecule has 0 saturated heterocycles. The largest absolute Gasteiger partial charge is 0.493 e. The molecule has 2 aromatic carbocycles. The summed E-state index contributed by atoms with van der Waals surface area (Å²) >= 11 is 1.49. The van der Waals surface area contributed by atoms with Crippen LogP contribution < -0.4 is 10.1 Å². The van der Waals surface area contributed by atoms with Crippen molar-refractivity contribution < 1.29 is 14.6 Å².